The fraction of sp³-hybridized carbons (Fsp3) is 0.364. The minimum atomic E-state index is -0.161. The predicted molar refractivity (Wildman–Crippen MR) is 105 cm³/mol. The predicted octanol–water partition coefficient (Wildman–Crippen LogP) is 4.83. The van der Waals surface area contributed by atoms with Crippen LogP contribution in [-0.4, -0.2) is 11.5 Å². The van der Waals surface area contributed by atoms with Gasteiger partial charge in [0.05, 0.1) is 0 Å². The maximum Gasteiger partial charge on any atom is 0.213 e. The highest BCUT2D eigenvalue weighted by Gasteiger charge is 2.20. The number of hydrogen-bond acceptors (Lipinski definition) is 3. The summed E-state index contributed by atoms with van der Waals surface area (Å²) in [5.74, 6) is 5.37. The molecule has 2 rings (SSSR count). The molecule has 132 valence electrons. The summed E-state index contributed by atoms with van der Waals surface area (Å²) in [7, 11) is 0. The molecule has 0 aromatic heterocycles. The molecule has 0 aliphatic heterocycles. The van der Waals surface area contributed by atoms with Crippen molar-refractivity contribution < 1.29 is 4.79 Å². The minimum Gasteiger partial charge on any atom is -0.323 e. The van der Waals surface area contributed by atoms with Gasteiger partial charge in [-0.2, -0.15) is 5.10 Å². The Morgan fingerprint density at radius 1 is 0.720 bits per heavy atom. The zero-order valence-electron chi connectivity index (χ0n) is 16.1. The van der Waals surface area contributed by atoms with E-state index < -0.39 is 0 Å². The summed E-state index contributed by atoms with van der Waals surface area (Å²) in [5.41, 5.74) is 4.11. The molecule has 25 heavy (non-hydrogen) atoms. The van der Waals surface area contributed by atoms with E-state index in [1.165, 1.54) is 11.1 Å². The van der Waals surface area contributed by atoms with E-state index in [-0.39, 0.29) is 22.3 Å². The first-order valence-electron chi connectivity index (χ1n) is 8.58. The molecule has 3 heteroatoms. The van der Waals surface area contributed by atoms with E-state index >= 15 is 0 Å². The second kappa shape index (κ2) is 6.83. The molecule has 0 unspecified atom stereocenters. The molecule has 0 heterocycles. The van der Waals surface area contributed by atoms with E-state index in [2.05, 4.69) is 46.6 Å². The maximum absolute atomic E-state index is 12.8. The summed E-state index contributed by atoms with van der Waals surface area (Å²) in [6.07, 6.45) is 0. The van der Waals surface area contributed by atoms with Crippen molar-refractivity contribution in [1.29, 1.82) is 0 Å². The van der Waals surface area contributed by atoms with Gasteiger partial charge in [-0.3, -0.25) is 4.79 Å². The van der Waals surface area contributed by atoms with Crippen LogP contribution in [0.15, 0.2) is 53.6 Å². The Hall–Kier alpha value is -2.42. The van der Waals surface area contributed by atoms with Crippen LogP contribution < -0.4 is 5.84 Å². The Morgan fingerprint density at radius 3 is 1.40 bits per heavy atom. The number of rotatable bonds is 3. The van der Waals surface area contributed by atoms with Crippen molar-refractivity contribution in [2.45, 2.75) is 52.4 Å². The van der Waals surface area contributed by atoms with E-state index in [0.29, 0.717) is 5.56 Å². The fourth-order valence-corrected chi connectivity index (χ4v) is 2.65. The number of Topliss-reactive ketones (excluding diaryl/α,β-unsaturated/α-hetero) is 1. The van der Waals surface area contributed by atoms with Gasteiger partial charge in [0.2, 0.25) is 5.78 Å². The van der Waals surface area contributed by atoms with Gasteiger partial charge < -0.3 is 5.84 Å². The number of carbonyl (C=O) groups is 1. The fourth-order valence-electron chi connectivity index (χ4n) is 2.65. The molecule has 0 fully saturated rings. The average molecular weight is 336 g/mol. The lowest BCUT2D eigenvalue weighted by Crippen LogP contribution is -2.19. The third-order valence-corrected chi connectivity index (χ3v) is 4.38. The average Bonchev–Trinajstić information content (AvgIpc) is 2.54. The molecular weight excluding hydrogens is 308 g/mol. The molecule has 0 saturated heterocycles. The molecule has 0 saturated carbocycles. The van der Waals surface area contributed by atoms with Gasteiger partial charge in [0.1, 0.15) is 5.71 Å². The zero-order chi connectivity index (χ0) is 18.8. The monoisotopic (exact) mass is 336 g/mol. The highest BCUT2D eigenvalue weighted by molar-refractivity contribution is 6.51. The van der Waals surface area contributed by atoms with Crippen molar-refractivity contribution in [3.63, 3.8) is 0 Å². The van der Waals surface area contributed by atoms with Crippen molar-refractivity contribution >= 4 is 11.5 Å². The van der Waals surface area contributed by atoms with Crippen LogP contribution >= 0.6 is 0 Å². The molecule has 0 aliphatic rings. The van der Waals surface area contributed by atoms with E-state index in [4.69, 9.17) is 5.84 Å². The maximum atomic E-state index is 12.8. The van der Waals surface area contributed by atoms with Gasteiger partial charge in [-0.1, -0.05) is 90.1 Å². The quantitative estimate of drug-likeness (QED) is 0.378. The summed E-state index contributed by atoms with van der Waals surface area (Å²) >= 11 is 0. The number of ketones is 1. The van der Waals surface area contributed by atoms with Crippen molar-refractivity contribution in [2.75, 3.05) is 0 Å². The number of nitrogens with zero attached hydrogens (tertiary/aromatic N) is 1. The Labute approximate surface area is 151 Å². The lowest BCUT2D eigenvalue weighted by atomic mass is 9.85. The van der Waals surface area contributed by atoms with Gasteiger partial charge in [0.15, 0.2) is 0 Å². The van der Waals surface area contributed by atoms with Crippen LogP contribution in [0, 0.1) is 0 Å². The minimum absolute atomic E-state index is 0.0507. The van der Waals surface area contributed by atoms with E-state index in [9.17, 15) is 4.79 Å². The molecule has 0 bridgehead atoms. The van der Waals surface area contributed by atoms with Crippen LogP contribution in [-0.2, 0) is 10.8 Å². The first-order valence-corrected chi connectivity index (χ1v) is 8.58. The number of nitrogens with two attached hydrogens (primary N) is 1. The Morgan fingerprint density at radius 2 is 1.08 bits per heavy atom. The second-order valence-electron chi connectivity index (χ2n) is 8.46. The molecule has 0 spiro atoms. The highest BCUT2D eigenvalue weighted by atomic mass is 16.1. The summed E-state index contributed by atoms with van der Waals surface area (Å²) < 4.78 is 0. The van der Waals surface area contributed by atoms with Crippen molar-refractivity contribution in [1.82, 2.24) is 0 Å². The topological polar surface area (TPSA) is 55.5 Å². The van der Waals surface area contributed by atoms with Crippen molar-refractivity contribution in [3.8, 4) is 0 Å². The SMILES string of the molecule is CC(C)(C)c1ccc(C(=O)/C(=N/N)c2ccc(C(C)(C)C)cc2)cc1. The van der Waals surface area contributed by atoms with Gasteiger partial charge in [-0.15, -0.1) is 0 Å². The molecule has 0 aliphatic carbocycles. The molecule has 2 aromatic rings. The first-order chi connectivity index (χ1) is 11.5. The third-order valence-electron chi connectivity index (χ3n) is 4.38. The molecule has 3 nitrogen and oxygen atoms in total. The van der Waals surface area contributed by atoms with E-state index in [0.717, 1.165) is 5.56 Å². The molecule has 0 amide bonds. The summed E-state index contributed by atoms with van der Waals surface area (Å²) in [4.78, 5) is 12.8. The second-order valence-corrected chi connectivity index (χ2v) is 8.46. The Balaban J connectivity index is 2.30. The molecule has 0 radical (unpaired) electrons. The van der Waals surface area contributed by atoms with Crippen LogP contribution in [0.1, 0.15) is 68.6 Å². The summed E-state index contributed by atoms with van der Waals surface area (Å²) in [6, 6.07) is 15.5. The smallest absolute Gasteiger partial charge is 0.213 e. The van der Waals surface area contributed by atoms with Gasteiger partial charge in [-0.25, -0.2) is 0 Å². The largest absolute Gasteiger partial charge is 0.323 e. The number of hydrazone groups is 1. The zero-order valence-corrected chi connectivity index (χ0v) is 16.1. The molecule has 0 atom stereocenters. The number of carbonyl (C=O) groups excluding carboxylic acids is 1. The van der Waals surface area contributed by atoms with Gasteiger partial charge >= 0.3 is 0 Å². The molecular formula is C22H28N2O. The molecule has 2 N–H and O–H groups in total. The highest BCUT2D eigenvalue weighted by Crippen LogP contribution is 2.24. The lowest BCUT2D eigenvalue weighted by Gasteiger charge is -2.19. The van der Waals surface area contributed by atoms with Crippen molar-refractivity contribution in [2.24, 2.45) is 10.9 Å². The lowest BCUT2D eigenvalue weighted by molar-refractivity contribution is 0.106. The summed E-state index contributed by atoms with van der Waals surface area (Å²) in [6.45, 7) is 12.9. The number of benzene rings is 2. The van der Waals surface area contributed by atoms with Crippen LogP contribution in [0.3, 0.4) is 0 Å². The van der Waals surface area contributed by atoms with Crippen LogP contribution in [0.25, 0.3) is 0 Å². The molecule has 2 aromatic carbocycles. The van der Waals surface area contributed by atoms with Crippen molar-refractivity contribution in [3.05, 3.63) is 70.8 Å². The van der Waals surface area contributed by atoms with E-state index in [1.807, 2.05) is 48.5 Å². The summed E-state index contributed by atoms with van der Waals surface area (Å²) in [5, 5.41) is 3.76. The van der Waals surface area contributed by atoms with Crippen LogP contribution in [0.4, 0.5) is 0 Å². The Bertz CT molecular complexity index is 771. The van der Waals surface area contributed by atoms with Crippen LogP contribution in [0.2, 0.25) is 0 Å². The van der Waals surface area contributed by atoms with E-state index in [1.54, 1.807) is 0 Å². The van der Waals surface area contributed by atoms with Crippen LogP contribution in [0.5, 0.6) is 0 Å². The first kappa shape index (κ1) is 18.9. The Kier molecular flexibility index (Phi) is 5.17. The normalized spacial score (nSPS) is 13.0. The van der Waals surface area contributed by atoms with Gasteiger partial charge in [0.25, 0.3) is 0 Å². The third kappa shape index (κ3) is 4.36. The number of hydrogen-bond donors (Lipinski definition) is 1. The van der Waals surface area contributed by atoms with Gasteiger partial charge in [-0.05, 0) is 22.0 Å². The standard InChI is InChI=1S/C22H28N2O/c1-21(2,3)17-11-7-15(8-12-17)19(24-23)20(25)16-9-13-18(14-10-16)22(4,5)6/h7-14H,23H2,1-6H3/b24-19+. The van der Waals surface area contributed by atoms with Gasteiger partial charge in [0, 0.05) is 11.1 Å².